The highest BCUT2D eigenvalue weighted by Crippen LogP contribution is 2.34. The summed E-state index contributed by atoms with van der Waals surface area (Å²) < 4.78 is 26.7. The number of halogens is 1. The Kier molecular flexibility index (Phi) is 7.01. The van der Waals surface area contributed by atoms with E-state index >= 15 is 0 Å². The van der Waals surface area contributed by atoms with Crippen LogP contribution < -0.4 is 5.73 Å². The van der Waals surface area contributed by atoms with E-state index in [1.165, 1.54) is 21.4 Å². The molecule has 1 heterocycles. The monoisotopic (exact) mass is 445 g/mol. The van der Waals surface area contributed by atoms with Crippen molar-refractivity contribution in [2.45, 2.75) is 42.7 Å². The SMILES string of the molecule is Cl.Cn1ccc(S(=O)(=O)CCc2ccc3c(c2)C(Cc2ccccc2)C(N)CC3)n1. The van der Waals surface area contributed by atoms with Gasteiger partial charge in [-0.05, 0) is 54.0 Å². The van der Waals surface area contributed by atoms with Crippen molar-refractivity contribution in [1.82, 2.24) is 9.78 Å². The summed E-state index contributed by atoms with van der Waals surface area (Å²) in [6.45, 7) is 0. The molecule has 0 amide bonds. The van der Waals surface area contributed by atoms with Crippen LogP contribution in [0, 0.1) is 0 Å². The van der Waals surface area contributed by atoms with E-state index in [1.807, 2.05) is 6.07 Å². The lowest BCUT2D eigenvalue weighted by Crippen LogP contribution is -2.34. The maximum absolute atomic E-state index is 12.6. The Morgan fingerprint density at radius 2 is 1.87 bits per heavy atom. The molecule has 0 bridgehead atoms. The summed E-state index contributed by atoms with van der Waals surface area (Å²) >= 11 is 0. The van der Waals surface area contributed by atoms with Crippen molar-refractivity contribution >= 4 is 22.2 Å². The Bertz CT molecular complexity index is 1100. The van der Waals surface area contributed by atoms with Crippen molar-refractivity contribution in [3.05, 3.63) is 83.0 Å². The van der Waals surface area contributed by atoms with Gasteiger partial charge in [0.05, 0.1) is 5.75 Å². The Morgan fingerprint density at radius 1 is 1.10 bits per heavy atom. The van der Waals surface area contributed by atoms with Crippen LogP contribution in [-0.4, -0.2) is 30.0 Å². The lowest BCUT2D eigenvalue weighted by molar-refractivity contribution is 0.467. The minimum Gasteiger partial charge on any atom is -0.327 e. The van der Waals surface area contributed by atoms with Crippen LogP contribution in [0.15, 0.2) is 65.8 Å². The molecule has 1 aliphatic carbocycles. The number of rotatable bonds is 6. The van der Waals surface area contributed by atoms with E-state index < -0.39 is 9.84 Å². The third kappa shape index (κ3) is 4.94. The summed E-state index contributed by atoms with van der Waals surface area (Å²) in [5.74, 6) is 0.312. The number of hydrogen-bond donors (Lipinski definition) is 1. The first-order chi connectivity index (χ1) is 13.9. The molecular weight excluding hydrogens is 418 g/mol. The van der Waals surface area contributed by atoms with Gasteiger partial charge in [-0.1, -0.05) is 48.5 Å². The van der Waals surface area contributed by atoms with Gasteiger partial charge in [-0.15, -0.1) is 12.4 Å². The number of fused-ring (bicyclic) bond motifs is 1. The second-order valence-corrected chi connectivity index (χ2v) is 9.98. The lowest BCUT2D eigenvalue weighted by atomic mass is 9.76. The molecule has 0 saturated carbocycles. The quantitative estimate of drug-likeness (QED) is 0.630. The van der Waals surface area contributed by atoms with Gasteiger partial charge >= 0.3 is 0 Å². The van der Waals surface area contributed by atoms with Crippen molar-refractivity contribution < 1.29 is 8.42 Å². The summed E-state index contributed by atoms with van der Waals surface area (Å²) in [6, 6.07) is 18.5. The van der Waals surface area contributed by atoms with Crippen LogP contribution >= 0.6 is 12.4 Å². The predicted octanol–water partition coefficient (Wildman–Crippen LogP) is 3.46. The second kappa shape index (κ2) is 9.33. The molecule has 0 radical (unpaired) electrons. The van der Waals surface area contributed by atoms with Gasteiger partial charge < -0.3 is 5.73 Å². The highest BCUT2D eigenvalue weighted by atomic mass is 35.5. The van der Waals surface area contributed by atoms with Crippen molar-refractivity contribution in [2.75, 3.05) is 5.75 Å². The first-order valence-electron chi connectivity index (χ1n) is 10.1. The summed E-state index contributed by atoms with van der Waals surface area (Å²) in [5, 5.41) is 4.19. The molecule has 160 valence electrons. The Morgan fingerprint density at radius 3 is 2.57 bits per heavy atom. The van der Waals surface area contributed by atoms with Gasteiger partial charge in [0.15, 0.2) is 14.9 Å². The largest absolute Gasteiger partial charge is 0.327 e. The van der Waals surface area contributed by atoms with Gasteiger partial charge in [0.25, 0.3) is 0 Å². The smallest absolute Gasteiger partial charge is 0.197 e. The normalized spacial score (nSPS) is 18.5. The highest BCUT2D eigenvalue weighted by Gasteiger charge is 2.27. The van der Waals surface area contributed by atoms with E-state index in [1.54, 1.807) is 19.3 Å². The molecule has 0 spiro atoms. The molecule has 7 heteroatoms. The number of nitrogens with two attached hydrogens (primary N) is 1. The first kappa shape index (κ1) is 22.5. The zero-order valence-electron chi connectivity index (χ0n) is 17.1. The molecule has 1 aromatic heterocycles. The molecule has 4 rings (SSSR count). The van der Waals surface area contributed by atoms with Gasteiger partial charge in [0, 0.05) is 25.2 Å². The van der Waals surface area contributed by atoms with Gasteiger partial charge in [-0.25, -0.2) is 8.42 Å². The van der Waals surface area contributed by atoms with Crippen LogP contribution in [0.3, 0.4) is 0 Å². The number of hydrogen-bond acceptors (Lipinski definition) is 4. The van der Waals surface area contributed by atoms with Crippen LogP contribution in [0.5, 0.6) is 0 Å². The van der Waals surface area contributed by atoms with Crippen molar-refractivity contribution in [1.29, 1.82) is 0 Å². The fraction of sp³-hybridized carbons (Fsp3) is 0.348. The summed E-state index contributed by atoms with van der Waals surface area (Å²) in [7, 11) is -1.67. The minimum absolute atomic E-state index is 0. The average molecular weight is 446 g/mol. The van der Waals surface area contributed by atoms with Crippen molar-refractivity contribution in [3.63, 3.8) is 0 Å². The first-order valence-corrected chi connectivity index (χ1v) is 11.7. The second-order valence-electron chi connectivity index (χ2n) is 7.93. The summed E-state index contributed by atoms with van der Waals surface area (Å²) in [6.07, 6.45) is 5.00. The fourth-order valence-corrected chi connectivity index (χ4v) is 5.41. The zero-order chi connectivity index (χ0) is 20.4. The minimum atomic E-state index is -3.39. The third-order valence-electron chi connectivity index (χ3n) is 5.84. The van der Waals surface area contributed by atoms with E-state index in [0.29, 0.717) is 6.42 Å². The van der Waals surface area contributed by atoms with E-state index in [4.69, 9.17) is 5.73 Å². The van der Waals surface area contributed by atoms with Gasteiger partial charge in [-0.3, -0.25) is 4.68 Å². The number of sulfone groups is 1. The molecule has 0 saturated heterocycles. The van der Waals surface area contributed by atoms with Gasteiger partial charge in [0.1, 0.15) is 0 Å². The van der Waals surface area contributed by atoms with E-state index in [0.717, 1.165) is 24.8 Å². The predicted molar refractivity (Wildman–Crippen MR) is 122 cm³/mol. The zero-order valence-corrected chi connectivity index (χ0v) is 18.7. The standard InChI is InChI=1S/C23H27N3O2S.ClH/c1-26-13-11-23(25-26)29(27,28)14-12-18-7-8-19-9-10-22(24)21(20(19)15-18)16-17-5-3-2-4-6-17;/h2-8,11,13,15,21-22H,9-10,12,14,16,24H2,1H3;1H. The number of benzene rings is 2. The van der Waals surface area contributed by atoms with E-state index in [9.17, 15) is 8.42 Å². The van der Waals surface area contributed by atoms with Crippen LogP contribution in [0.1, 0.15) is 34.6 Å². The molecule has 30 heavy (non-hydrogen) atoms. The number of aromatic nitrogens is 2. The van der Waals surface area contributed by atoms with Crippen LogP contribution in [0.4, 0.5) is 0 Å². The summed E-state index contributed by atoms with van der Waals surface area (Å²) in [4.78, 5) is 0. The average Bonchev–Trinajstić information content (AvgIpc) is 3.17. The number of aryl methyl sites for hydroxylation is 3. The fourth-order valence-electron chi connectivity index (χ4n) is 4.17. The topological polar surface area (TPSA) is 78.0 Å². The molecule has 1 aliphatic rings. The molecule has 2 unspecified atom stereocenters. The highest BCUT2D eigenvalue weighted by molar-refractivity contribution is 7.91. The molecule has 2 atom stereocenters. The maximum Gasteiger partial charge on any atom is 0.197 e. The summed E-state index contributed by atoms with van der Waals surface area (Å²) in [5.41, 5.74) is 11.4. The molecular formula is C23H28ClN3O2S. The Labute approximate surface area is 184 Å². The van der Waals surface area contributed by atoms with E-state index in [-0.39, 0.29) is 35.1 Å². The molecule has 2 N–H and O–H groups in total. The third-order valence-corrected chi connectivity index (χ3v) is 7.44. The van der Waals surface area contributed by atoms with Gasteiger partial charge in [0.2, 0.25) is 0 Å². The maximum atomic E-state index is 12.6. The van der Waals surface area contributed by atoms with Crippen molar-refractivity contribution in [2.24, 2.45) is 12.8 Å². The molecule has 0 fully saturated rings. The lowest BCUT2D eigenvalue weighted by Gasteiger charge is -2.32. The molecule has 0 aliphatic heterocycles. The molecule has 2 aromatic carbocycles. The molecule has 3 aromatic rings. The van der Waals surface area contributed by atoms with E-state index in [2.05, 4.69) is 47.6 Å². The van der Waals surface area contributed by atoms with Crippen LogP contribution in [0.2, 0.25) is 0 Å². The number of nitrogens with zero attached hydrogens (tertiary/aromatic N) is 2. The van der Waals surface area contributed by atoms with Crippen LogP contribution in [0.25, 0.3) is 0 Å². The Hall–Kier alpha value is -2.15. The van der Waals surface area contributed by atoms with Crippen LogP contribution in [-0.2, 0) is 36.1 Å². The van der Waals surface area contributed by atoms with Crippen molar-refractivity contribution in [3.8, 4) is 0 Å². The van der Waals surface area contributed by atoms with Gasteiger partial charge in [-0.2, -0.15) is 5.10 Å². The Balaban J connectivity index is 0.00000256. The molecule has 5 nitrogen and oxygen atoms in total.